The largest absolute Gasteiger partial charge is 0.455 e. The number of aromatic amines is 1. The Kier molecular flexibility index (Phi) is 5.26. The monoisotopic (exact) mass is 436 g/mol. The Hall–Kier alpha value is -4.19. The van der Waals surface area contributed by atoms with Crippen LogP contribution in [-0.2, 0) is 0 Å². The van der Waals surface area contributed by atoms with Crippen LogP contribution in [0.15, 0.2) is 82.1 Å². The first-order chi connectivity index (χ1) is 16.0. The van der Waals surface area contributed by atoms with E-state index in [0.717, 1.165) is 33.6 Å². The molecule has 0 aliphatic carbocycles. The van der Waals surface area contributed by atoms with Gasteiger partial charge in [0.2, 0.25) is 0 Å². The molecular weight excluding hydrogens is 412 g/mol. The summed E-state index contributed by atoms with van der Waals surface area (Å²) in [6.07, 6.45) is 1.77. The van der Waals surface area contributed by atoms with Crippen LogP contribution >= 0.6 is 0 Å². The molecule has 3 aromatic carbocycles. The Balaban J connectivity index is 1.64. The third-order valence-electron chi connectivity index (χ3n) is 5.89. The van der Waals surface area contributed by atoms with Crippen molar-refractivity contribution in [1.82, 2.24) is 15.4 Å². The van der Waals surface area contributed by atoms with Gasteiger partial charge in [0.25, 0.3) is 0 Å². The maximum absolute atomic E-state index is 13.3. The minimum Gasteiger partial charge on any atom is -0.455 e. The smallest absolute Gasteiger partial charge is 0.196 e. The third-order valence-corrected chi connectivity index (χ3v) is 5.89. The van der Waals surface area contributed by atoms with Crippen molar-refractivity contribution in [3.8, 4) is 22.6 Å². The van der Waals surface area contributed by atoms with Gasteiger partial charge in [-0.1, -0.05) is 59.8 Å². The standard InChI is InChI=1S/C27H24N4O2/c1-16-13-21(18(3)29-23-12-8-7-11-20(23)24-15-28-31-30-24)27-22(14-16)25(32)17(2)26(33-27)19-9-5-4-6-10-19/h4-15,18,29H,1-3H3,(H,28,30,31)/t18-/m1/s1. The number of hydrogen-bond donors (Lipinski definition) is 2. The van der Waals surface area contributed by atoms with Gasteiger partial charge >= 0.3 is 0 Å². The highest BCUT2D eigenvalue weighted by molar-refractivity contribution is 5.85. The normalized spacial score (nSPS) is 12.1. The highest BCUT2D eigenvalue weighted by Crippen LogP contribution is 2.34. The molecular formula is C27H24N4O2. The molecule has 0 fully saturated rings. The lowest BCUT2D eigenvalue weighted by Gasteiger charge is -2.20. The molecule has 2 N–H and O–H groups in total. The molecule has 6 nitrogen and oxygen atoms in total. The molecule has 33 heavy (non-hydrogen) atoms. The van der Waals surface area contributed by atoms with Gasteiger partial charge in [-0.05, 0) is 38.5 Å². The summed E-state index contributed by atoms with van der Waals surface area (Å²) in [6.45, 7) is 5.89. The quantitative estimate of drug-likeness (QED) is 0.351. The minimum absolute atomic E-state index is 0.00440. The lowest BCUT2D eigenvalue weighted by Crippen LogP contribution is -2.12. The lowest BCUT2D eigenvalue weighted by molar-refractivity contribution is 0.605. The van der Waals surface area contributed by atoms with Gasteiger partial charge in [0.1, 0.15) is 17.0 Å². The van der Waals surface area contributed by atoms with Crippen molar-refractivity contribution in [3.63, 3.8) is 0 Å². The van der Waals surface area contributed by atoms with Gasteiger partial charge in [-0.15, -0.1) is 5.10 Å². The molecule has 0 unspecified atom stereocenters. The van der Waals surface area contributed by atoms with Crippen molar-refractivity contribution in [2.24, 2.45) is 0 Å². The van der Waals surface area contributed by atoms with Gasteiger partial charge in [-0.3, -0.25) is 9.89 Å². The summed E-state index contributed by atoms with van der Waals surface area (Å²) < 4.78 is 6.44. The summed E-state index contributed by atoms with van der Waals surface area (Å²) in [4.78, 5) is 13.3. The molecule has 6 heteroatoms. The van der Waals surface area contributed by atoms with E-state index >= 15 is 0 Å². The van der Waals surface area contributed by atoms with E-state index in [1.807, 2.05) is 74.5 Å². The average Bonchev–Trinajstić information content (AvgIpc) is 3.37. The molecule has 0 bridgehead atoms. The number of aryl methyl sites for hydroxylation is 1. The Morgan fingerprint density at radius 1 is 1.00 bits per heavy atom. The number of fused-ring (bicyclic) bond motifs is 1. The van der Waals surface area contributed by atoms with Gasteiger partial charge in [0.15, 0.2) is 5.43 Å². The molecule has 0 spiro atoms. The predicted molar refractivity (Wildman–Crippen MR) is 131 cm³/mol. The summed E-state index contributed by atoms with van der Waals surface area (Å²) in [5.41, 5.74) is 6.66. The van der Waals surface area contributed by atoms with E-state index in [0.29, 0.717) is 22.3 Å². The van der Waals surface area contributed by atoms with E-state index in [9.17, 15) is 4.79 Å². The van der Waals surface area contributed by atoms with Crippen molar-refractivity contribution in [2.75, 3.05) is 5.32 Å². The molecule has 5 aromatic rings. The van der Waals surface area contributed by atoms with Crippen molar-refractivity contribution < 1.29 is 4.42 Å². The number of benzene rings is 3. The van der Waals surface area contributed by atoms with Crippen molar-refractivity contribution >= 4 is 16.7 Å². The number of anilines is 1. The minimum atomic E-state index is -0.130. The Bertz CT molecular complexity index is 1490. The fourth-order valence-electron chi connectivity index (χ4n) is 4.23. The number of nitrogens with zero attached hydrogens (tertiary/aromatic N) is 2. The predicted octanol–water partition coefficient (Wildman–Crippen LogP) is 6.04. The van der Waals surface area contributed by atoms with Crippen LogP contribution in [-0.4, -0.2) is 15.4 Å². The maximum atomic E-state index is 13.3. The first-order valence-electron chi connectivity index (χ1n) is 10.9. The highest BCUT2D eigenvalue weighted by Gasteiger charge is 2.19. The van der Waals surface area contributed by atoms with Crippen LogP contribution < -0.4 is 10.7 Å². The Labute approximate surface area is 191 Å². The van der Waals surface area contributed by atoms with Gasteiger partial charge in [0, 0.05) is 27.9 Å². The maximum Gasteiger partial charge on any atom is 0.196 e. The fraction of sp³-hybridized carbons (Fsp3) is 0.148. The summed E-state index contributed by atoms with van der Waals surface area (Å²) in [5, 5.41) is 14.9. The van der Waals surface area contributed by atoms with E-state index in [2.05, 4.69) is 33.7 Å². The summed E-state index contributed by atoms with van der Waals surface area (Å²) in [6, 6.07) is 21.6. The van der Waals surface area contributed by atoms with Gasteiger partial charge in [-0.25, -0.2) is 0 Å². The number of H-pyrrole nitrogens is 1. The SMILES string of the molecule is Cc1cc([C@@H](C)Nc2ccccc2-c2c[nH]nn2)c2oc(-c3ccccc3)c(C)c(=O)c2c1. The second-order valence-corrected chi connectivity index (χ2v) is 8.25. The topological polar surface area (TPSA) is 83.8 Å². The molecule has 2 aromatic heterocycles. The van der Waals surface area contributed by atoms with Crippen LogP contribution in [0.2, 0.25) is 0 Å². The summed E-state index contributed by atoms with van der Waals surface area (Å²) in [5.74, 6) is 0.605. The second-order valence-electron chi connectivity index (χ2n) is 8.25. The molecule has 0 aliphatic rings. The number of rotatable bonds is 5. The molecule has 0 aliphatic heterocycles. The molecule has 0 saturated carbocycles. The van der Waals surface area contributed by atoms with Crippen molar-refractivity contribution in [2.45, 2.75) is 26.8 Å². The Morgan fingerprint density at radius 3 is 2.52 bits per heavy atom. The van der Waals surface area contributed by atoms with Crippen LogP contribution in [0.5, 0.6) is 0 Å². The molecule has 2 heterocycles. The van der Waals surface area contributed by atoms with Crippen molar-refractivity contribution in [3.05, 3.63) is 99.8 Å². The second kappa shape index (κ2) is 8.39. The molecule has 5 rings (SSSR count). The zero-order valence-electron chi connectivity index (χ0n) is 18.7. The van der Waals surface area contributed by atoms with Crippen LogP contribution in [0.1, 0.15) is 29.7 Å². The number of para-hydroxylation sites is 1. The molecule has 1 atom stereocenters. The van der Waals surface area contributed by atoms with Crippen LogP contribution in [0.4, 0.5) is 5.69 Å². The van der Waals surface area contributed by atoms with E-state index in [4.69, 9.17) is 4.42 Å². The van der Waals surface area contributed by atoms with Crippen LogP contribution in [0, 0.1) is 13.8 Å². The first-order valence-corrected chi connectivity index (χ1v) is 10.9. The zero-order chi connectivity index (χ0) is 22.9. The van der Waals surface area contributed by atoms with Gasteiger partial charge < -0.3 is 9.73 Å². The molecule has 0 saturated heterocycles. The first kappa shape index (κ1) is 20.7. The zero-order valence-corrected chi connectivity index (χ0v) is 18.7. The average molecular weight is 437 g/mol. The van der Waals surface area contributed by atoms with E-state index in [1.54, 1.807) is 6.20 Å². The van der Waals surface area contributed by atoms with E-state index in [-0.39, 0.29) is 11.5 Å². The van der Waals surface area contributed by atoms with Gasteiger partial charge in [-0.2, -0.15) is 0 Å². The third kappa shape index (κ3) is 3.80. The summed E-state index contributed by atoms with van der Waals surface area (Å²) >= 11 is 0. The number of nitrogens with one attached hydrogen (secondary N) is 2. The van der Waals surface area contributed by atoms with Gasteiger partial charge in [0.05, 0.1) is 17.6 Å². The highest BCUT2D eigenvalue weighted by atomic mass is 16.3. The van der Waals surface area contributed by atoms with Crippen molar-refractivity contribution in [1.29, 1.82) is 0 Å². The molecule has 0 amide bonds. The molecule has 164 valence electrons. The van der Waals surface area contributed by atoms with Crippen LogP contribution in [0.25, 0.3) is 33.6 Å². The Morgan fingerprint density at radius 2 is 1.76 bits per heavy atom. The number of aromatic nitrogens is 3. The van der Waals surface area contributed by atoms with E-state index in [1.165, 1.54) is 0 Å². The summed E-state index contributed by atoms with van der Waals surface area (Å²) in [7, 11) is 0. The fourth-order valence-corrected chi connectivity index (χ4v) is 4.23. The number of hydrogen-bond acceptors (Lipinski definition) is 5. The lowest BCUT2D eigenvalue weighted by atomic mass is 9.98. The van der Waals surface area contributed by atoms with Crippen LogP contribution in [0.3, 0.4) is 0 Å². The van der Waals surface area contributed by atoms with E-state index < -0.39 is 0 Å². The molecule has 0 radical (unpaired) electrons.